The first kappa shape index (κ1) is 15.5. The summed E-state index contributed by atoms with van der Waals surface area (Å²) in [6, 6.07) is 9.38. The van der Waals surface area contributed by atoms with E-state index in [2.05, 4.69) is 55.3 Å². The maximum Gasteiger partial charge on any atom is 0.0674 e. The second kappa shape index (κ2) is 7.77. The number of aryl methyl sites for hydroxylation is 1. The number of nitrogens with one attached hydrogen (secondary N) is 1. The first-order valence-electron chi connectivity index (χ1n) is 7.83. The highest BCUT2D eigenvalue weighted by Crippen LogP contribution is 2.18. The minimum Gasteiger partial charge on any atom is -0.376 e. The van der Waals surface area contributed by atoms with Gasteiger partial charge in [-0.3, -0.25) is 4.90 Å². The van der Waals surface area contributed by atoms with Gasteiger partial charge >= 0.3 is 0 Å². The first-order chi connectivity index (χ1) is 9.69. The maximum absolute atomic E-state index is 5.60. The van der Waals surface area contributed by atoms with Crippen LogP contribution in [0.3, 0.4) is 0 Å². The van der Waals surface area contributed by atoms with Crippen molar-refractivity contribution in [2.24, 2.45) is 0 Å². The molecule has 1 saturated heterocycles. The lowest BCUT2D eigenvalue weighted by atomic mass is 10.0. The van der Waals surface area contributed by atoms with Crippen LogP contribution >= 0.6 is 0 Å². The first-order valence-corrected chi connectivity index (χ1v) is 7.83. The lowest BCUT2D eigenvalue weighted by molar-refractivity contribution is -0.0192. The van der Waals surface area contributed by atoms with Crippen molar-refractivity contribution in [2.75, 3.05) is 32.8 Å². The van der Waals surface area contributed by atoms with Crippen molar-refractivity contribution in [2.45, 2.75) is 39.3 Å². The van der Waals surface area contributed by atoms with Crippen molar-refractivity contribution in [3.63, 3.8) is 0 Å². The summed E-state index contributed by atoms with van der Waals surface area (Å²) in [5, 5.41) is 3.61. The van der Waals surface area contributed by atoms with E-state index in [1.54, 1.807) is 0 Å². The lowest BCUT2D eigenvalue weighted by Crippen LogP contribution is -2.42. The highest BCUT2D eigenvalue weighted by Gasteiger charge is 2.18. The molecule has 2 unspecified atom stereocenters. The lowest BCUT2D eigenvalue weighted by Gasteiger charge is -2.32. The van der Waals surface area contributed by atoms with E-state index in [-0.39, 0.29) is 0 Å². The molecular formula is C17H28N2O. The van der Waals surface area contributed by atoms with Gasteiger partial charge in [0.1, 0.15) is 0 Å². The molecule has 3 heteroatoms. The quantitative estimate of drug-likeness (QED) is 0.864. The molecular weight excluding hydrogens is 248 g/mol. The van der Waals surface area contributed by atoms with Crippen LogP contribution in [0.2, 0.25) is 0 Å². The van der Waals surface area contributed by atoms with Gasteiger partial charge in [-0.1, -0.05) is 36.8 Å². The predicted molar refractivity (Wildman–Crippen MR) is 84.1 cm³/mol. The van der Waals surface area contributed by atoms with Crippen molar-refractivity contribution in [3.05, 3.63) is 35.4 Å². The molecule has 1 aromatic rings. The standard InChI is InChI=1S/C17H28N2O/c1-4-18-17(16-7-5-14(2)6-8-16)9-10-19-11-12-20-15(3)13-19/h5-8,15,17-18H,4,9-13H2,1-3H3. The summed E-state index contributed by atoms with van der Waals surface area (Å²) in [5.74, 6) is 0. The molecule has 1 aliphatic heterocycles. The molecule has 0 amide bonds. The third kappa shape index (κ3) is 4.58. The van der Waals surface area contributed by atoms with Crippen LogP contribution in [0, 0.1) is 6.92 Å². The van der Waals surface area contributed by atoms with Gasteiger partial charge in [0, 0.05) is 25.7 Å². The Labute approximate surface area is 123 Å². The van der Waals surface area contributed by atoms with Gasteiger partial charge in [-0.2, -0.15) is 0 Å². The van der Waals surface area contributed by atoms with E-state index in [1.807, 2.05) is 0 Å². The largest absolute Gasteiger partial charge is 0.376 e. The number of morpholine rings is 1. The van der Waals surface area contributed by atoms with Crippen LogP contribution in [0.4, 0.5) is 0 Å². The van der Waals surface area contributed by atoms with E-state index in [1.165, 1.54) is 11.1 Å². The van der Waals surface area contributed by atoms with Crippen LogP contribution in [-0.4, -0.2) is 43.8 Å². The number of ether oxygens (including phenoxy) is 1. The number of hydrogen-bond donors (Lipinski definition) is 1. The predicted octanol–water partition coefficient (Wildman–Crippen LogP) is 2.76. The molecule has 0 bridgehead atoms. The van der Waals surface area contributed by atoms with Crippen molar-refractivity contribution >= 4 is 0 Å². The molecule has 20 heavy (non-hydrogen) atoms. The highest BCUT2D eigenvalue weighted by molar-refractivity contribution is 5.24. The van der Waals surface area contributed by atoms with Crippen LogP contribution < -0.4 is 5.32 Å². The zero-order valence-electron chi connectivity index (χ0n) is 13.1. The van der Waals surface area contributed by atoms with Crippen LogP contribution in [0.5, 0.6) is 0 Å². The van der Waals surface area contributed by atoms with E-state index >= 15 is 0 Å². The molecule has 1 aliphatic rings. The maximum atomic E-state index is 5.60. The van der Waals surface area contributed by atoms with Gasteiger partial charge < -0.3 is 10.1 Å². The van der Waals surface area contributed by atoms with Crippen molar-refractivity contribution in [1.82, 2.24) is 10.2 Å². The van der Waals surface area contributed by atoms with Crippen molar-refractivity contribution in [3.8, 4) is 0 Å². The van der Waals surface area contributed by atoms with Crippen LogP contribution in [0.1, 0.15) is 37.4 Å². The van der Waals surface area contributed by atoms with Gasteiger partial charge in [0.2, 0.25) is 0 Å². The Balaban J connectivity index is 1.90. The SMILES string of the molecule is CCNC(CCN1CCOC(C)C1)c1ccc(C)cc1. The van der Waals surface area contributed by atoms with Crippen molar-refractivity contribution < 1.29 is 4.74 Å². The molecule has 2 atom stereocenters. The van der Waals surface area contributed by atoms with Gasteiger partial charge in [-0.25, -0.2) is 0 Å². The van der Waals surface area contributed by atoms with E-state index in [9.17, 15) is 0 Å². The number of rotatable bonds is 6. The smallest absolute Gasteiger partial charge is 0.0674 e. The molecule has 0 aromatic heterocycles. The summed E-state index contributed by atoms with van der Waals surface area (Å²) in [7, 11) is 0. The fourth-order valence-corrected chi connectivity index (χ4v) is 2.84. The third-order valence-corrected chi connectivity index (χ3v) is 3.99. The molecule has 0 spiro atoms. The fourth-order valence-electron chi connectivity index (χ4n) is 2.84. The summed E-state index contributed by atoms with van der Waals surface area (Å²) >= 11 is 0. The molecule has 1 fully saturated rings. The average Bonchev–Trinajstić information content (AvgIpc) is 2.44. The summed E-state index contributed by atoms with van der Waals surface area (Å²) in [6.45, 7) is 11.6. The Morgan fingerprint density at radius 1 is 1.35 bits per heavy atom. The molecule has 2 rings (SSSR count). The van der Waals surface area contributed by atoms with Gasteiger partial charge in [0.25, 0.3) is 0 Å². The third-order valence-electron chi connectivity index (χ3n) is 3.99. The Bertz CT molecular complexity index is 390. The van der Waals surface area contributed by atoms with Gasteiger partial charge in [-0.05, 0) is 32.4 Å². The Hall–Kier alpha value is -0.900. The van der Waals surface area contributed by atoms with Crippen LogP contribution in [0.25, 0.3) is 0 Å². The zero-order chi connectivity index (χ0) is 14.4. The molecule has 3 nitrogen and oxygen atoms in total. The number of benzene rings is 1. The summed E-state index contributed by atoms with van der Waals surface area (Å²) in [6.07, 6.45) is 1.53. The normalized spacial score (nSPS) is 21.9. The molecule has 0 saturated carbocycles. The second-order valence-electron chi connectivity index (χ2n) is 5.79. The molecule has 0 aliphatic carbocycles. The minimum absolute atomic E-state index is 0.376. The van der Waals surface area contributed by atoms with Gasteiger partial charge in [0.15, 0.2) is 0 Å². The number of nitrogens with zero attached hydrogens (tertiary/aromatic N) is 1. The molecule has 1 N–H and O–H groups in total. The van der Waals surface area contributed by atoms with Crippen molar-refractivity contribution in [1.29, 1.82) is 0 Å². The van der Waals surface area contributed by atoms with Gasteiger partial charge in [-0.15, -0.1) is 0 Å². The minimum atomic E-state index is 0.376. The molecule has 0 radical (unpaired) electrons. The van der Waals surface area contributed by atoms with E-state index in [0.29, 0.717) is 12.1 Å². The summed E-state index contributed by atoms with van der Waals surface area (Å²) in [4.78, 5) is 2.52. The average molecular weight is 276 g/mol. The topological polar surface area (TPSA) is 24.5 Å². The van der Waals surface area contributed by atoms with Crippen LogP contribution in [-0.2, 0) is 4.74 Å². The second-order valence-corrected chi connectivity index (χ2v) is 5.79. The molecule has 1 aromatic carbocycles. The van der Waals surface area contributed by atoms with E-state index in [4.69, 9.17) is 4.74 Å². The fraction of sp³-hybridized carbons (Fsp3) is 0.647. The summed E-state index contributed by atoms with van der Waals surface area (Å²) in [5.41, 5.74) is 2.73. The Kier molecular flexibility index (Phi) is 6.02. The molecule has 1 heterocycles. The summed E-state index contributed by atoms with van der Waals surface area (Å²) < 4.78 is 5.60. The van der Waals surface area contributed by atoms with E-state index in [0.717, 1.165) is 39.2 Å². The monoisotopic (exact) mass is 276 g/mol. The van der Waals surface area contributed by atoms with Gasteiger partial charge in [0.05, 0.1) is 12.7 Å². The number of hydrogen-bond acceptors (Lipinski definition) is 3. The highest BCUT2D eigenvalue weighted by atomic mass is 16.5. The van der Waals surface area contributed by atoms with E-state index < -0.39 is 0 Å². The zero-order valence-corrected chi connectivity index (χ0v) is 13.1. The molecule has 112 valence electrons. The Morgan fingerprint density at radius 2 is 2.10 bits per heavy atom. The van der Waals surface area contributed by atoms with Crippen LogP contribution in [0.15, 0.2) is 24.3 Å². The Morgan fingerprint density at radius 3 is 2.75 bits per heavy atom.